The summed E-state index contributed by atoms with van der Waals surface area (Å²) in [6.07, 6.45) is 0.821. The molecule has 1 fully saturated rings. The van der Waals surface area contributed by atoms with Crippen molar-refractivity contribution in [3.8, 4) is 0 Å². The van der Waals surface area contributed by atoms with Crippen LogP contribution in [0.4, 0.5) is 0 Å². The number of halogens is 2. The molecule has 0 bridgehead atoms. The van der Waals surface area contributed by atoms with Crippen LogP contribution in [0.15, 0.2) is 17.0 Å². The number of sulfonamides is 1. The van der Waals surface area contributed by atoms with Crippen LogP contribution in [0.25, 0.3) is 0 Å². The molecule has 0 saturated carbocycles. The third kappa shape index (κ3) is 3.43. The topological polar surface area (TPSA) is 57.6 Å². The van der Waals surface area contributed by atoms with E-state index in [1.807, 2.05) is 0 Å². The molecule has 1 saturated heterocycles. The number of hydrogen-bond donors (Lipinski definition) is 1. The molecule has 0 aromatic heterocycles. The fraction of sp³-hybridized carbons (Fsp3) is 0.500. The maximum absolute atomic E-state index is 12.6. The average molecular weight is 356 g/mol. The predicted octanol–water partition coefficient (Wildman–Crippen LogP) is 2.61. The van der Waals surface area contributed by atoms with Crippen molar-refractivity contribution in [3.05, 3.63) is 27.7 Å². The van der Waals surface area contributed by atoms with Crippen molar-refractivity contribution in [1.29, 1.82) is 0 Å². The number of aliphatic hydroxyl groups is 1. The number of rotatable bonds is 3. The van der Waals surface area contributed by atoms with E-state index in [0.717, 1.165) is 17.9 Å². The van der Waals surface area contributed by atoms with Gasteiger partial charge in [-0.2, -0.15) is 16.1 Å². The Kier molecular flexibility index (Phi) is 5.62. The minimum absolute atomic E-state index is 0.0134. The summed E-state index contributed by atoms with van der Waals surface area (Å²) >= 11 is 13.7. The monoisotopic (exact) mass is 355 g/mol. The number of nitrogens with zero attached hydrogens (tertiary/aromatic N) is 1. The van der Waals surface area contributed by atoms with Crippen LogP contribution in [0.2, 0.25) is 10.0 Å². The molecule has 2 rings (SSSR count). The number of benzene rings is 1. The predicted molar refractivity (Wildman–Crippen MR) is 83.1 cm³/mol. The van der Waals surface area contributed by atoms with Gasteiger partial charge in [-0.15, -0.1) is 0 Å². The van der Waals surface area contributed by atoms with Gasteiger partial charge in [0.1, 0.15) is 4.90 Å². The molecular weight excluding hydrogens is 341 g/mol. The van der Waals surface area contributed by atoms with E-state index in [2.05, 4.69) is 0 Å². The quantitative estimate of drug-likeness (QED) is 0.905. The van der Waals surface area contributed by atoms with Crippen molar-refractivity contribution in [2.24, 2.45) is 0 Å². The van der Waals surface area contributed by atoms with Gasteiger partial charge in [-0.3, -0.25) is 0 Å². The highest BCUT2D eigenvalue weighted by Crippen LogP contribution is 2.31. The second kappa shape index (κ2) is 6.85. The molecule has 1 aliphatic rings. The summed E-state index contributed by atoms with van der Waals surface area (Å²) in [6.45, 7) is 0.636. The molecule has 112 valence electrons. The van der Waals surface area contributed by atoms with Crippen LogP contribution in [-0.2, 0) is 16.6 Å². The molecule has 0 atom stereocenters. The van der Waals surface area contributed by atoms with Gasteiger partial charge in [0.25, 0.3) is 0 Å². The first-order valence-electron chi connectivity index (χ1n) is 6.13. The molecule has 1 heterocycles. The molecule has 4 nitrogen and oxygen atoms in total. The van der Waals surface area contributed by atoms with Crippen molar-refractivity contribution >= 4 is 45.0 Å². The van der Waals surface area contributed by atoms with Crippen molar-refractivity contribution in [1.82, 2.24) is 4.31 Å². The number of aliphatic hydroxyl groups excluding tert-OH is 1. The van der Waals surface area contributed by atoms with Crippen molar-refractivity contribution < 1.29 is 13.5 Å². The van der Waals surface area contributed by atoms with E-state index in [1.165, 1.54) is 16.4 Å². The lowest BCUT2D eigenvalue weighted by Crippen LogP contribution is -2.33. The molecule has 0 spiro atoms. The van der Waals surface area contributed by atoms with E-state index >= 15 is 0 Å². The highest BCUT2D eigenvalue weighted by Gasteiger charge is 2.28. The van der Waals surface area contributed by atoms with Crippen LogP contribution in [0.1, 0.15) is 12.0 Å². The van der Waals surface area contributed by atoms with Gasteiger partial charge in [0.2, 0.25) is 10.0 Å². The van der Waals surface area contributed by atoms with Gasteiger partial charge in [-0.1, -0.05) is 23.2 Å². The third-order valence-electron chi connectivity index (χ3n) is 3.07. The minimum Gasteiger partial charge on any atom is -0.392 e. The van der Waals surface area contributed by atoms with Crippen LogP contribution in [0, 0.1) is 0 Å². The first-order valence-corrected chi connectivity index (χ1v) is 9.48. The molecule has 0 amide bonds. The first kappa shape index (κ1) is 16.4. The first-order chi connectivity index (χ1) is 9.46. The van der Waals surface area contributed by atoms with Gasteiger partial charge in [-0.05, 0) is 29.9 Å². The Morgan fingerprint density at radius 3 is 2.65 bits per heavy atom. The Labute approximate surface area is 133 Å². The normalized spacial score (nSPS) is 17.9. The molecule has 0 radical (unpaired) electrons. The van der Waals surface area contributed by atoms with E-state index in [0.29, 0.717) is 18.7 Å². The van der Waals surface area contributed by atoms with Gasteiger partial charge < -0.3 is 5.11 Å². The summed E-state index contributed by atoms with van der Waals surface area (Å²) in [6, 6.07) is 2.73. The Balaban J connectivity index is 2.42. The second-order valence-corrected chi connectivity index (χ2v) is 8.35. The highest BCUT2D eigenvalue weighted by molar-refractivity contribution is 7.99. The minimum atomic E-state index is -3.65. The molecule has 1 N–H and O–H groups in total. The van der Waals surface area contributed by atoms with Crippen molar-refractivity contribution in [2.45, 2.75) is 17.9 Å². The zero-order chi connectivity index (χ0) is 14.8. The van der Waals surface area contributed by atoms with Gasteiger partial charge in [-0.25, -0.2) is 8.42 Å². The largest absolute Gasteiger partial charge is 0.392 e. The van der Waals surface area contributed by atoms with Crippen LogP contribution >= 0.6 is 35.0 Å². The van der Waals surface area contributed by atoms with E-state index in [-0.39, 0.29) is 21.5 Å². The average Bonchev–Trinajstić information content (AvgIpc) is 2.67. The van der Waals surface area contributed by atoms with Gasteiger partial charge in [0, 0.05) is 23.9 Å². The summed E-state index contributed by atoms with van der Waals surface area (Å²) < 4.78 is 26.7. The summed E-state index contributed by atoms with van der Waals surface area (Å²) in [5.41, 5.74) is 0.360. The fourth-order valence-electron chi connectivity index (χ4n) is 1.99. The Morgan fingerprint density at radius 1 is 1.20 bits per heavy atom. The van der Waals surface area contributed by atoms with E-state index < -0.39 is 10.0 Å². The maximum Gasteiger partial charge on any atom is 0.244 e. The molecule has 1 aromatic carbocycles. The van der Waals surface area contributed by atoms with Gasteiger partial charge in [0.15, 0.2) is 0 Å². The van der Waals surface area contributed by atoms with Crippen LogP contribution < -0.4 is 0 Å². The van der Waals surface area contributed by atoms with Crippen LogP contribution in [-0.4, -0.2) is 42.4 Å². The third-order valence-corrected chi connectivity index (χ3v) is 6.83. The lowest BCUT2D eigenvalue weighted by molar-refractivity contribution is 0.281. The number of thioether (sulfide) groups is 1. The maximum atomic E-state index is 12.6. The standard InChI is InChI=1S/C12H15Cl2NO3S2/c13-10-7-11(14)12(6-9(10)8-16)20(17,18)15-2-1-4-19-5-3-15/h6-7,16H,1-5,8H2. The SMILES string of the molecule is O=S(=O)(c1cc(CO)c(Cl)cc1Cl)N1CCCSCC1. The molecule has 0 aliphatic carbocycles. The molecule has 0 unspecified atom stereocenters. The molecule has 8 heteroatoms. The van der Waals surface area contributed by atoms with Crippen molar-refractivity contribution in [2.75, 3.05) is 24.6 Å². The Morgan fingerprint density at radius 2 is 1.95 bits per heavy atom. The molecule has 1 aromatic rings. The second-order valence-electron chi connectivity index (χ2n) is 4.40. The summed E-state index contributed by atoms with van der Waals surface area (Å²) in [4.78, 5) is 0.0134. The smallest absolute Gasteiger partial charge is 0.244 e. The van der Waals surface area contributed by atoms with Crippen molar-refractivity contribution in [3.63, 3.8) is 0 Å². The molecular formula is C12H15Cl2NO3S2. The van der Waals surface area contributed by atoms with Gasteiger partial charge >= 0.3 is 0 Å². The van der Waals surface area contributed by atoms with E-state index in [9.17, 15) is 13.5 Å². The van der Waals surface area contributed by atoms with E-state index in [1.54, 1.807) is 11.8 Å². The highest BCUT2D eigenvalue weighted by atomic mass is 35.5. The molecule has 20 heavy (non-hydrogen) atoms. The summed E-state index contributed by atoms with van der Waals surface area (Å²) in [5, 5.41) is 9.57. The Hall–Kier alpha value is 0.0200. The summed E-state index contributed by atoms with van der Waals surface area (Å²) in [7, 11) is -3.65. The lowest BCUT2D eigenvalue weighted by atomic mass is 10.2. The summed E-state index contributed by atoms with van der Waals surface area (Å²) in [5.74, 6) is 1.74. The van der Waals surface area contributed by atoms with E-state index in [4.69, 9.17) is 23.2 Å². The fourth-order valence-corrected chi connectivity index (χ4v) is 5.31. The van der Waals surface area contributed by atoms with Crippen LogP contribution in [0.3, 0.4) is 0 Å². The van der Waals surface area contributed by atoms with Gasteiger partial charge in [0.05, 0.1) is 11.6 Å². The van der Waals surface area contributed by atoms with Crippen LogP contribution in [0.5, 0.6) is 0 Å². The Bertz CT molecular complexity index is 585. The molecule has 1 aliphatic heterocycles. The lowest BCUT2D eigenvalue weighted by Gasteiger charge is -2.21. The zero-order valence-electron chi connectivity index (χ0n) is 10.7. The zero-order valence-corrected chi connectivity index (χ0v) is 13.8. The number of hydrogen-bond acceptors (Lipinski definition) is 4.